The predicted molar refractivity (Wildman–Crippen MR) is 97.3 cm³/mol. The van der Waals surface area contributed by atoms with E-state index in [2.05, 4.69) is 10.9 Å². The van der Waals surface area contributed by atoms with E-state index in [1.165, 1.54) is 18.4 Å². The van der Waals surface area contributed by atoms with Crippen LogP contribution in [0.3, 0.4) is 0 Å². The molecule has 0 spiro atoms. The third kappa shape index (κ3) is 3.68. The Labute approximate surface area is 153 Å². The highest BCUT2D eigenvalue weighted by atomic mass is 35.5. The standard InChI is InChI=1S/C18H12ClNO4S/c1-3-6-23-16-12(19)8-11(10-14(16)22-2)9-13-18(21)24-17(20-13)15-5-4-7-25-15/h1,4-5,7-10H,6H2,2H3. The molecule has 5 nitrogen and oxygen atoms in total. The summed E-state index contributed by atoms with van der Waals surface area (Å²) in [6.45, 7) is 0.0668. The van der Waals surface area contributed by atoms with Crippen LogP contribution < -0.4 is 9.47 Å². The van der Waals surface area contributed by atoms with E-state index < -0.39 is 5.97 Å². The number of thiophene rings is 1. The molecule has 0 N–H and O–H groups in total. The molecule has 0 amide bonds. The molecule has 2 aromatic rings. The van der Waals surface area contributed by atoms with Gasteiger partial charge in [-0.3, -0.25) is 0 Å². The maximum Gasteiger partial charge on any atom is 0.363 e. The molecule has 1 aliphatic rings. The van der Waals surface area contributed by atoms with Gasteiger partial charge in [-0.05, 0) is 35.2 Å². The van der Waals surface area contributed by atoms with Gasteiger partial charge >= 0.3 is 5.97 Å². The second-order valence-electron chi connectivity index (χ2n) is 4.84. The van der Waals surface area contributed by atoms with Gasteiger partial charge in [0.2, 0.25) is 5.90 Å². The second kappa shape index (κ2) is 7.43. The summed E-state index contributed by atoms with van der Waals surface area (Å²) in [5.41, 5.74) is 0.803. The van der Waals surface area contributed by atoms with Gasteiger partial charge in [-0.25, -0.2) is 9.79 Å². The highest BCUT2D eigenvalue weighted by molar-refractivity contribution is 7.12. The number of methoxy groups -OCH3 is 1. The van der Waals surface area contributed by atoms with Gasteiger partial charge in [-0.2, -0.15) is 0 Å². The normalized spacial score (nSPS) is 14.8. The number of nitrogens with zero attached hydrogens (tertiary/aromatic N) is 1. The van der Waals surface area contributed by atoms with Crippen molar-refractivity contribution in [3.05, 3.63) is 50.8 Å². The first-order valence-corrected chi connectivity index (χ1v) is 8.38. The molecule has 0 radical (unpaired) electrons. The minimum Gasteiger partial charge on any atom is -0.493 e. The Morgan fingerprint density at radius 2 is 2.32 bits per heavy atom. The Morgan fingerprint density at radius 3 is 3.00 bits per heavy atom. The number of aliphatic imine (C=N–C) groups is 1. The van der Waals surface area contributed by atoms with Crippen molar-refractivity contribution in [2.24, 2.45) is 4.99 Å². The fourth-order valence-corrected chi connectivity index (χ4v) is 3.07. The summed E-state index contributed by atoms with van der Waals surface area (Å²) < 4.78 is 15.9. The van der Waals surface area contributed by atoms with Gasteiger partial charge in [-0.1, -0.05) is 23.6 Å². The fraction of sp³-hybridized carbons (Fsp3) is 0.111. The van der Waals surface area contributed by atoms with E-state index in [-0.39, 0.29) is 12.3 Å². The van der Waals surface area contributed by atoms with E-state index in [4.69, 9.17) is 32.2 Å². The van der Waals surface area contributed by atoms with E-state index in [0.29, 0.717) is 28.0 Å². The maximum absolute atomic E-state index is 12.0. The number of rotatable bonds is 5. The summed E-state index contributed by atoms with van der Waals surface area (Å²) in [5, 5.41) is 2.20. The Hall–Kier alpha value is -2.75. The second-order valence-corrected chi connectivity index (χ2v) is 6.20. The number of ether oxygens (including phenoxy) is 3. The Balaban J connectivity index is 1.94. The molecule has 7 heteroatoms. The molecule has 0 bridgehead atoms. The third-order valence-electron chi connectivity index (χ3n) is 3.21. The number of esters is 1. The van der Waals surface area contributed by atoms with Gasteiger partial charge in [0.15, 0.2) is 17.2 Å². The number of carbonyl (C=O) groups excluding carboxylic acids is 1. The molecule has 0 atom stereocenters. The number of hydrogen-bond acceptors (Lipinski definition) is 6. The number of hydrogen-bond donors (Lipinski definition) is 0. The van der Waals surface area contributed by atoms with Crippen LogP contribution in [0.15, 0.2) is 40.3 Å². The van der Waals surface area contributed by atoms with Crippen LogP contribution >= 0.6 is 22.9 Å². The summed E-state index contributed by atoms with van der Waals surface area (Å²) in [6.07, 6.45) is 6.76. The van der Waals surface area contributed by atoms with E-state index in [1.807, 2.05) is 17.5 Å². The molecule has 126 valence electrons. The first kappa shape index (κ1) is 17.1. The Morgan fingerprint density at radius 1 is 1.48 bits per heavy atom. The average Bonchev–Trinajstić information content (AvgIpc) is 3.24. The van der Waals surface area contributed by atoms with Crippen molar-refractivity contribution in [1.29, 1.82) is 0 Å². The number of benzene rings is 1. The topological polar surface area (TPSA) is 57.1 Å². The Bertz CT molecular complexity index is 910. The zero-order valence-corrected chi connectivity index (χ0v) is 14.7. The SMILES string of the molecule is C#CCOc1c(Cl)cc(C=C2N=C(c3cccs3)OC2=O)cc1OC. The number of terminal acetylenes is 1. The van der Waals surface area contributed by atoms with E-state index >= 15 is 0 Å². The maximum atomic E-state index is 12.0. The van der Waals surface area contributed by atoms with E-state index in [0.717, 1.165) is 4.88 Å². The van der Waals surface area contributed by atoms with Crippen molar-refractivity contribution in [2.75, 3.05) is 13.7 Å². The lowest BCUT2D eigenvalue weighted by Gasteiger charge is -2.11. The molecule has 0 saturated heterocycles. The smallest absolute Gasteiger partial charge is 0.363 e. The molecule has 2 heterocycles. The largest absolute Gasteiger partial charge is 0.493 e. The predicted octanol–water partition coefficient (Wildman–Crippen LogP) is 3.77. The quantitative estimate of drug-likeness (QED) is 0.455. The molecule has 0 aliphatic carbocycles. The lowest BCUT2D eigenvalue weighted by molar-refractivity contribution is -0.129. The van der Waals surface area contributed by atoms with Crippen molar-refractivity contribution in [2.45, 2.75) is 0 Å². The van der Waals surface area contributed by atoms with Crippen LogP contribution in [0.5, 0.6) is 11.5 Å². The molecular formula is C18H12ClNO4S. The van der Waals surface area contributed by atoms with E-state index in [1.54, 1.807) is 18.2 Å². The van der Waals surface area contributed by atoms with Gasteiger partial charge < -0.3 is 14.2 Å². The van der Waals surface area contributed by atoms with Crippen LogP contribution in [-0.2, 0) is 9.53 Å². The number of cyclic esters (lactones) is 1. The summed E-state index contributed by atoms with van der Waals surface area (Å²) in [7, 11) is 1.49. The van der Waals surface area contributed by atoms with Crippen molar-refractivity contribution in [3.63, 3.8) is 0 Å². The third-order valence-corrected chi connectivity index (χ3v) is 4.35. The fourth-order valence-electron chi connectivity index (χ4n) is 2.15. The molecule has 0 unspecified atom stereocenters. The first-order valence-electron chi connectivity index (χ1n) is 7.12. The summed E-state index contributed by atoms with van der Waals surface area (Å²) >= 11 is 7.67. The molecule has 0 fully saturated rings. The van der Waals surface area contributed by atoms with Crippen LogP contribution in [0.2, 0.25) is 5.02 Å². The zero-order valence-electron chi connectivity index (χ0n) is 13.1. The van der Waals surface area contributed by atoms with Crippen LogP contribution in [0.4, 0.5) is 0 Å². The molecule has 3 rings (SSSR count). The molecule has 25 heavy (non-hydrogen) atoms. The first-order chi connectivity index (χ1) is 12.1. The van der Waals surface area contributed by atoms with Gasteiger partial charge in [0.05, 0.1) is 17.0 Å². The van der Waals surface area contributed by atoms with Crippen LogP contribution in [-0.4, -0.2) is 25.6 Å². The van der Waals surface area contributed by atoms with Gasteiger partial charge in [-0.15, -0.1) is 17.8 Å². The summed E-state index contributed by atoms with van der Waals surface area (Å²) in [6, 6.07) is 7.00. The highest BCUT2D eigenvalue weighted by Gasteiger charge is 2.25. The molecular weight excluding hydrogens is 362 g/mol. The lowest BCUT2D eigenvalue weighted by Crippen LogP contribution is -2.03. The summed E-state index contributed by atoms with van der Waals surface area (Å²) in [4.78, 5) is 17.0. The average molecular weight is 374 g/mol. The lowest BCUT2D eigenvalue weighted by atomic mass is 10.1. The van der Waals surface area contributed by atoms with Gasteiger partial charge in [0.25, 0.3) is 0 Å². The monoisotopic (exact) mass is 373 g/mol. The van der Waals surface area contributed by atoms with Crippen molar-refractivity contribution in [1.82, 2.24) is 0 Å². The molecule has 0 saturated carbocycles. The van der Waals surface area contributed by atoms with Crippen molar-refractivity contribution in [3.8, 4) is 23.8 Å². The number of halogens is 1. The highest BCUT2D eigenvalue weighted by Crippen LogP contribution is 2.37. The number of carbonyl (C=O) groups is 1. The van der Waals surface area contributed by atoms with Crippen LogP contribution in [0, 0.1) is 12.3 Å². The van der Waals surface area contributed by atoms with Crippen molar-refractivity contribution >= 4 is 40.9 Å². The molecule has 1 aliphatic heterocycles. The molecule has 1 aromatic heterocycles. The van der Waals surface area contributed by atoms with E-state index in [9.17, 15) is 4.79 Å². The zero-order chi connectivity index (χ0) is 17.8. The van der Waals surface area contributed by atoms with Gasteiger partial charge in [0.1, 0.15) is 6.61 Å². The van der Waals surface area contributed by atoms with Crippen LogP contribution in [0.25, 0.3) is 6.08 Å². The van der Waals surface area contributed by atoms with Crippen molar-refractivity contribution < 1.29 is 19.0 Å². The minimum absolute atomic E-state index is 0.0668. The Kier molecular flexibility index (Phi) is 5.08. The minimum atomic E-state index is -0.522. The summed E-state index contributed by atoms with van der Waals surface area (Å²) in [5.74, 6) is 2.89. The van der Waals surface area contributed by atoms with Gasteiger partial charge in [0, 0.05) is 0 Å². The molecule has 1 aromatic carbocycles. The van der Waals surface area contributed by atoms with Crippen LogP contribution in [0.1, 0.15) is 10.4 Å².